The van der Waals surface area contributed by atoms with Crippen molar-refractivity contribution in [3.63, 3.8) is 0 Å². The molecule has 0 aliphatic rings. The van der Waals surface area contributed by atoms with Crippen molar-refractivity contribution in [1.82, 2.24) is 10.9 Å². The van der Waals surface area contributed by atoms with E-state index in [0.717, 1.165) is 12.8 Å². The van der Waals surface area contributed by atoms with Crippen LogP contribution in [0, 0.1) is 0 Å². The fraction of sp³-hybridized carbons (Fsp3) is 0.538. The molecule has 1 atom stereocenters. The van der Waals surface area contributed by atoms with Gasteiger partial charge < -0.3 is 12.4 Å². The van der Waals surface area contributed by atoms with Gasteiger partial charge in [-0.2, -0.15) is 15.6 Å². The van der Waals surface area contributed by atoms with Crippen molar-refractivity contribution in [1.29, 1.82) is 0 Å². The lowest BCUT2D eigenvalue weighted by molar-refractivity contribution is -1.01. The van der Waals surface area contributed by atoms with Crippen LogP contribution in [0.3, 0.4) is 0 Å². The van der Waals surface area contributed by atoms with E-state index in [1.807, 2.05) is 14.1 Å². The largest absolute Gasteiger partial charge is 1.00 e. The Morgan fingerprint density at radius 2 is 1.65 bits per heavy atom. The summed E-state index contributed by atoms with van der Waals surface area (Å²) in [7, 11) is 6.14. The third-order valence-electron chi connectivity index (χ3n) is 3.44. The molecule has 1 aromatic rings. The standard InChI is InChI=1S/C13H24N3.ClH/c1-5-13(16(4,14-2)15-3)11-12-9-7-6-8-10-12;/h6-10,13-15H,5,11H2,1-4H3;1H/q+1;/p-1. The first kappa shape index (κ1) is 16.4. The quantitative estimate of drug-likeness (QED) is 0.491. The molecule has 0 spiro atoms. The van der Waals surface area contributed by atoms with E-state index < -0.39 is 0 Å². The average Bonchev–Trinajstić information content (AvgIpc) is 2.36. The predicted molar refractivity (Wildman–Crippen MR) is 68.5 cm³/mol. The third kappa shape index (κ3) is 4.28. The van der Waals surface area contributed by atoms with E-state index in [4.69, 9.17) is 0 Å². The molecular weight excluding hydrogens is 234 g/mol. The van der Waals surface area contributed by atoms with E-state index in [2.05, 4.69) is 55.2 Å². The second-order valence-electron chi connectivity index (χ2n) is 4.27. The Morgan fingerprint density at radius 1 is 1.12 bits per heavy atom. The van der Waals surface area contributed by atoms with Gasteiger partial charge in [-0.3, -0.25) is 0 Å². The van der Waals surface area contributed by atoms with Gasteiger partial charge in [0, 0.05) is 26.9 Å². The molecule has 98 valence electrons. The number of nitrogens with zero attached hydrogens (tertiary/aromatic N) is 1. The highest BCUT2D eigenvalue weighted by atomic mass is 35.5. The fourth-order valence-electron chi connectivity index (χ4n) is 2.06. The van der Waals surface area contributed by atoms with Crippen molar-refractivity contribution in [2.24, 2.45) is 0 Å². The van der Waals surface area contributed by atoms with Crippen molar-refractivity contribution < 1.29 is 17.1 Å². The first-order valence-electron chi connectivity index (χ1n) is 5.94. The van der Waals surface area contributed by atoms with Gasteiger partial charge in [0.1, 0.15) is 13.1 Å². The minimum absolute atomic E-state index is 0. The smallest absolute Gasteiger partial charge is 0.128 e. The maximum atomic E-state index is 3.33. The van der Waals surface area contributed by atoms with Gasteiger partial charge >= 0.3 is 0 Å². The van der Waals surface area contributed by atoms with Gasteiger partial charge in [0.05, 0.1) is 0 Å². The van der Waals surface area contributed by atoms with Gasteiger partial charge in [-0.25, -0.2) is 0 Å². The summed E-state index contributed by atoms with van der Waals surface area (Å²) in [4.78, 5) is 0. The SMILES string of the molecule is CCC(Cc1ccccc1)[N+](C)(NC)NC.[Cl-]. The van der Waals surface area contributed by atoms with Crippen LogP contribution in [-0.2, 0) is 6.42 Å². The normalized spacial score (nSPS) is 12.9. The lowest BCUT2D eigenvalue weighted by Crippen LogP contribution is -3.00. The maximum absolute atomic E-state index is 3.33. The van der Waals surface area contributed by atoms with Crippen LogP contribution in [0.15, 0.2) is 30.3 Å². The molecule has 0 aromatic heterocycles. The van der Waals surface area contributed by atoms with Crippen LogP contribution in [0.4, 0.5) is 0 Å². The van der Waals surface area contributed by atoms with Crippen LogP contribution in [0.2, 0.25) is 0 Å². The molecule has 3 nitrogen and oxygen atoms in total. The number of halogens is 1. The summed E-state index contributed by atoms with van der Waals surface area (Å²) in [5.41, 5.74) is 8.04. The maximum Gasteiger partial charge on any atom is 0.128 e. The molecule has 1 unspecified atom stereocenters. The van der Waals surface area contributed by atoms with E-state index >= 15 is 0 Å². The van der Waals surface area contributed by atoms with Gasteiger partial charge in [-0.05, 0) is 5.56 Å². The van der Waals surface area contributed by atoms with Crippen LogP contribution in [0.25, 0.3) is 0 Å². The first-order valence-corrected chi connectivity index (χ1v) is 5.94. The Labute approximate surface area is 111 Å². The van der Waals surface area contributed by atoms with Crippen molar-refractivity contribution in [2.45, 2.75) is 25.8 Å². The molecular formula is C13H24ClN3. The number of quaternary nitrogens is 1. The second kappa shape index (κ2) is 7.67. The van der Waals surface area contributed by atoms with E-state index in [-0.39, 0.29) is 12.4 Å². The van der Waals surface area contributed by atoms with Gasteiger partial charge in [0.2, 0.25) is 0 Å². The summed E-state index contributed by atoms with van der Waals surface area (Å²) in [5, 5.41) is 0. The van der Waals surface area contributed by atoms with Crippen LogP contribution in [0.5, 0.6) is 0 Å². The molecule has 1 rings (SSSR count). The zero-order valence-corrected chi connectivity index (χ0v) is 12.0. The molecule has 0 aliphatic carbocycles. The van der Waals surface area contributed by atoms with Crippen molar-refractivity contribution in [3.05, 3.63) is 35.9 Å². The lowest BCUT2D eigenvalue weighted by Gasteiger charge is -2.38. The minimum Gasteiger partial charge on any atom is -1.00 e. The second-order valence-corrected chi connectivity index (χ2v) is 4.27. The minimum atomic E-state index is 0. The zero-order chi connectivity index (χ0) is 12.0. The van der Waals surface area contributed by atoms with Crippen molar-refractivity contribution >= 4 is 0 Å². The molecule has 2 N–H and O–H groups in total. The van der Waals surface area contributed by atoms with Gasteiger partial charge in [-0.15, -0.1) is 0 Å². The molecule has 0 heterocycles. The number of hydrogen-bond acceptors (Lipinski definition) is 2. The van der Waals surface area contributed by atoms with Gasteiger partial charge in [-0.1, -0.05) is 37.3 Å². The highest BCUT2D eigenvalue weighted by Crippen LogP contribution is 2.13. The van der Waals surface area contributed by atoms with E-state index in [1.54, 1.807) is 0 Å². The van der Waals surface area contributed by atoms with Gasteiger partial charge in [0.15, 0.2) is 0 Å². The van der Waals surface area contributed by atoms with Crippen molar-refractivity contribution in [3.8, 4) is 0 Å². The number of nitrogens with one attached hydrogen (secondary N) is 2. The Kier molecular flexibility index (Phi) is 7.39. The lowest BCUT2D eigenvalue weighted by atomic mass is 10.0. The molecule has 0 radical (unpaired) electrons. The molecule has 17 heavy (non-hydrogen) atoms. The summed E-state index contributed by atoms with van der Waals surface area (Å²) in [6.07, 6.45) is 2.21. The fourth-order valence-corrected chi connectivity index (χ4v) is 2.06. The Bertz CT molecular complexity index is 299. The monoisotopic (exact) mass is 257 g/mol. The zero-order valence-electron chi connectivity index (χ0n) is 11.2. The summed E-state index contributed by atoms with van der Waals surface area (Å²) < 4.78 is 0.686. The Balaban J connectivity index is 0.00000256. The number of benzene rings is 1. The molecule has 0 bridgehead atoms. The Morgan fingerprint density at radius 3 is 2.06 bits per heavy atom. The summed E-state index contributed by atoms with van der Waals surface area (Å²) in [5.74, 6) is 0. The van der Waals surface area contributed by atoms with Crippen LogP contribution < -0.4 is 23.3 Å². The molecule has 0 saturated carbocycles. The number of likely N-dealkylation sites (N-methyl/N-ethyl adjacent to an activating group) is 1. The molecule has 0 saturated heterocycles. The first-order chi connectivity index (χ1) is 7.66. The molecule has 0 aliphatic heterocycles. The number of hydrogen-bond donors (Lipinski definition) is 2. The Hall–Kier alpha value is -0.610. The summed E-state index contributed by atoms with van der Waals surface area (Å²) in [6, 6.07) is 11.2. The number of rotatable bonds is 6. The van der Waals surface area contributed by atoms with Crippen LogP contribution in [-0.4, -0.2) is 31.9 Å². The van der Waals surface area contributed by atoms with E-state index in [1.165, 1.54) is 5.56 Å². The summed E-state index contributed by atoms with van der Waals surface area (Å²) in [6.45, 7) is 2.23. The van der Waals surface area contributed by atoms with Crippen LogP contribution in [0.1, 0.15) is 18.9 Å². The topological polar surface area (TPSA) is 24.1 Å². The highest BCUT2D eigenvalue weighted by molar-refractivity contribution is 5.15. The highest BCUT2D eigenvalue weighted by Gasteiger charge is 2.29. The molecule has 0 fully saturated rings. The summed E-state index contributed by atoms with van der Waals surface area (Å²) >= 11 is 0. The molecule has 4 heteroatoms. The third-order valence-corrected chi connectivity index (χ3v) is 3.44. The predicted octanol–water partition coefficient (Wildman–Crippen LogP) is -1.27. The van der Waals surface area contributed by atoms with E-state index in [9.17, 15) is 0 Å². The van der Waals surface area contributed by atoms with E-state index in [0.29, 0.717) is 10.7 Å². The van der Waals surface area contributed by atoms with Crippen LogP contribution >= 0.6 is 0 Å². The average molecular weight is 258 g/mol. The van der Waals surface area contributed by atoms with Crippen molar-refractivity contribution in [2.75, 3.05) is 21.1 Å². The molecule has 0 amide bonds. The molecule has 1 aromatic carbocycles. The van der Waals surface area contributed by atoms with Gasteiger partial charge in [0.25, 0.3) is 0 Å².